The number of likely N-dealkylation sites (N-methyl/N-ethyl adjacent to an activating group) is 1. The van der Waals surface area contributed by atoms with E-state index in [-0.39, 0.29) is 13.2 Å². The lowest BCUT2D eigenvalue weighted by Gasteiger charge is -2.22. The van der Waals surface area contributed by atoms with Gasteiger partial charge in [-0.2, -0.15) is 8.78 Å². The third-order valence-corrected chi connectivity index (χ3v) is 2.94. The molecule has 20 heavy (non-hydrogen) atoms. The van der Waals surface area contributed by atoms with E-state index in [1.54, 1.807) is 24.3 Å². The molecule has 1 aromatic carbocycles. The van der Waals surface area contributed by atoms with E-state index in [2.05, 4.69) is 15.9 Å². The second-order valence-corrected chi connectivity index (χ2v) is 4.87. The van der Waals surface area contributed by atoms with Crippen LogP contribution in [0.3, 0.4) is 0 Å². The van der Waals surface area contributed by atoms with E-state index in [1.165, 1.54) is 0 Å². The Labute approximate surface area is 121 Å². The minimum Gasteiger partial charge on any atom is -0.492 e. The molecule has 0 saturated heterocycles. The van der Waals surface area contributed by atoms with Crippen LogP contribution >= 0.6 is 15.9 Å². The first kappa shape index (κ1) is 16.7. The van der Waals surface area contributed by atoms with Crippen molar-refractivity contribution >= 4 is 21.8 Å². The standard InChI is InChI=1S/C12H12BrF4NO2/c1-18(11(19)12(16,17)10(14)15)6-7-20-9-4-2-8(13)3-5-9/h2-5,10H,6-7H2,1H3. The van der Waals surface area contributed by atoms with Gasteiger partial charge in [0.15, 0.2) is 0 Å². The highest BCUT2D eigenvalue weighted by molar-refractivity contribution is 9.10. The summed E-state index contributed by atoms with van der Waals surface area (Å²) >= 11 is 3.23. The van der Waals surface area contributed by atoms with Gasteiger partial charge in [0.25, 0.3) is 5.91 Å². The van der Waals surface area contributed by atoms with Crippen LogP contribution in [-0.2, 0) is 4.79 Å². The van der Waals surface area contributed by atoms with Crippen LogP contribution in [0.2, 0.25) is 0 Å². The normalized spacial score (nSPS) is 11.6. The minimum absolute atomic E-state index is 0.0802. The highest BCUT2D eigenvalue weighted by Crippen LogP contribution is 2.24. The molecule has 0 unspecified atom stereocenters. The van der Waals surface area contributed by atoms with Crippen LogP contribution in [-0.4, -0.2) is 43.4 Å². The van der Waals surface area contributed by atoms with E-state index >= 15 is 0 Å². The van der Waals surface area contributed by atoms with Gasteiger partial charge in [-0.1, -0.05) is 15.9 Å². The Balaban J connectivity index is 2.45. The number of nitrogens with zero attached hydrogens (tertiary/aromatic N) is 1. The van der Waals surface area contributed by atoms with Gasteiger partial charge in [0, 0.05) is 11.5 Å². The molecular formula is C12H12BrF4NO2. The number of rotatable bonds is 6. The molecule has 0 fully saturated rings. The molecule has 0 bridgehead atoms. The molecule has 3 nitrogen and oxygen atoms in total. The van der Waals surface area contributed by atoms with Gasteiger partial charge in [0.05, 0.1) is 6.54 Å². The molecule has 8 heteroatoms. The summed E-state index contributed by atoms with van der Waals surface area (Å²) in [6.45, 7) is -0.305. The molecule has 0 radical (unpaired) electrons. The molecule has 0 aliphatic carbocycles. The molecule has 0 atom stereocenters. The molecule has 1 rings (SSSR count). The fraction of sp³-hybridized carbons (Fsp3) is 0.417. The predicted octanol–water partition coefficient (Wildman–Crippen LogP) is 3.19. The first-order valence-electron chi connectivity index (χ1n) is 5.55. The van der Waals surface area contributed by atoms with E-state index in [4.69, 9.17) is 4.74 Å². The van der Waals surface area contributed by atoms with Crippen LogP contribution in [0.15, 0.2) is 28.7 Å². The van der Waals surface area contributed by atoms with E-state index in [0.29, 0.717) is 10.6 Å². The Kier molecular flexibility index (Phi) is 5.79. The second kappa shape index (κ2) is 6.92. The average molecular weight is 358 g/mol. The van der Waals surface area contributed by atoms with Crippen LogP contribution in [0.1, 0.15) is 0 Å². The smallest absolute Gasteiger partial charge is 0.383 e. The Bertz CT molecular complexity index is 453. The molecule has 0 heterocycles. The second-order valence-electron chi connectivity index (χ2n) is 3.95. The van der Waals surface area contributed by atoms with Gasteiger partial charge in [-0.15, -0.1) is 0 Å². The quantitative estimate of drug-likeness (QED) is 0.731. The van der Waals surface area contributed by atoms with Crippen LogP contribution in [0.25, 0.3) is 0 Å². The number of hydrogen-bond acceptors (Lipinski definition) is 2. The lowest BCUT2D eigenvalue weighted by molar-refractivity contribution is -0.179. The zero-order valence-electron chi connectivity index (χ0n) is 10.5. The van der Waals surface area contributed by atoms with Crippen molar-refractivity contribution in [3.8, 4) is 5.75 Å². The Morgan fingerprint density at radius 2 is 1.90 bits per heavy atom. The van der Waals surface area contributed by atoms with Crippen molar-refractivity contribution in [2.45, 2.75) is 12.3 Å². The van der Waals surface area contributed by atoms with E-state index in [9.17, 15) is 22.4 Å². The van der Waals surface area contributed by atoms with Crippen molar-refractivity contribution in [1.29, 1.82) is 0 Å². The number of carbonyl (C=O) groups excluding carboxylic acids is 1. The molecule has 0 N–H and O–H groups in total. The summed E-state index contributed by atoms with van der Waals surface area (Å²) in [6, 6.07) is 6.71. The first-order valence-corrected chi connectivity index (χ1v) is 6.34. The number of hydrogen-bond donors (Lipinski definition) is 0. The predicted molar refractivity (Wildman–Crippen MR) is 68.2 cm³/mol. The van der Waals surface area contributed by atoms with Gasteiger partial charge in [-0.25, -0.2) is 8.78 Å². The number of alkyl halides is 4. The largest absolute Gasteiger partial charge is 0.492 e. The molecule has 112 valence electrons. The molecule has 0 spiro atoms. The fourth-order valence-electron chi connectivity index (χ4n) is 1.28. The molecule has 1 aromatic rings. The lowest BCUT2D eigenvalue weighted by Crippen LogP contribution is -2.47. The summed E-state index contributed by atoms with van der Waals surface area (Å²) in [5, 5.41) is 0. The zero-order valence-corrected chi connectivity index (χ0v) is 12.0. The summed E-state index contributed by atoms with van der Waals surface area (Å²) in [4.78, 5) is 11.6. The highest BCUT2D eigenvalue weighted by atomic mass is 79.9. The number of ether oxygens (including phenoxy) is 1. The third-order valence-electron chi connectivity index (χ3n) is 2.41. The minimum atomic E-state index is -4.67. The van der Waals surface area contributed by atoms with Crippen molar-refractivity contribution in [3.63, 3.8) is 0 Å². The summed E-state index contributed by atoms with van der Waals surface area (Å²) in [7, 11) is 1.02. The molecular weight excluding hydrogens is 346 g/mol. The summed E-state index contributed by atoms with van der Waals surface area (Å²) in [5.74, 6) is -6.12. The van der Waals surface area contributed by atoms with Crippen molar-refractivity contribution in [1.82, 2.24) is 4.90 Å². The van der Waals surface area contributed by atoms with Crippen molar-refractivity contribution in [2.75, 3.05) is 20.2 Å². The van der Waals surface area contributed by atoms with Crippen molar-refractivity contribution in [2.24, 2.45) is 0 Å². The van der Waals surface area contributed by atoms with E-state index in [0.717, 1.165) is 11.5 Å². The zero-order chi connectivity index (χ0) is 15.3. The SMILES string of the molecule is CN(CCOc1ccc(Br)cc1)C(=O)C(F)(F)C(F)F. The van der Waals surface area contributed by atoms with Crippen molar-refractivity contribution < 1.29 is 27.1 Å². The van der Waals surface area contributed by atoms with E-state index in [1.807, 2.05) is 0 Å². The van der Waals surface area contributed by atoms with Gasteiger partial charge in [0.2, 0.25) is 0 Å². The Hall–Kier alpha value is -1.31. The van der Waals surface area contributed by atoms with E-state index < -0.39 is 18.3 Å². The van der Waals surface area contributed by atoms with Crippen LogP contribution in [0, 0.1) is 0 Å². The topological polar surface area (TPSA) is 29.5 Å². The summed E-state index contributed by atoms with van der Waals surface area (Å²) < 4.78 is 55.7. The number of halogens is 5. The summed E-state index contributed by atoms with van der Waals surface area (Å²) in [5.41, 5.74) is 0. The van der Waals surface area contributed by atoms with Gasteiger partial charge in [-0.05, 0) is 24.3 Å². The molecule has 0 saturated carbocycles. The molecule has 0 aliphatic heterocycles. The number of amides is 1. The van der Waals surface area contributed by atoms with Crippen LogP contribution in [0.5, 0.6) is 5.75 Å². The maximum Gasteiger partial charge on any atom is 0.383 e. The molecule has 1 amide bonds. The van der Waals surface area contributed by atoms with Crippen LogP contribution < -0.4 is 4.74 Å². The van der Waals surface area contributed by atoms with Crippen LogP contribution in [0.4, 0.5) is 17.6 Å². The first-order chi connectivity index (χ1) is 9.25. The maximum absolute atomic E-state index is 12.8. The monoisotopic (exact) mass is 357 g/mol. The summed E-state index contributed by atoms with van der Waals surface area (Å²) in [6.07, 6.45) is -4.02. The van der Waals surface area contributed by atoms with Gasteiger partial charge < -0.3 is 9.64 Å². The van der Waals surface area contributed by atoms with Gasteiger partial charge >= 0.3 is 12.3 Å². The lowest BCUT2D eigenvalue weighted by atomic mass is 10.3. The number of carbonyl (C=O) groups is 1. The average Bonchev–Trinajstić information content (AvgIpc) is 2.39. The van der Waals surface area contributed by atoms with Gasteiger partial charge in [0.1, 0.15) is 12.4 Å². The molecule has 0 aliphatic rings. The van der Waals surface area contributed by atoms with Crippen molar-refractivity contribution in [3.05, 3.63) is 28.7 Å². The number of benzene rings is 1. The Morgan fingerprint density at radius 1 is 1.35 bits per heavy atom. The highest BCUT2D eigenvalue weighted by Gasteiger charge is 2.50. The van der Waals surface area contributed by atoms with Gasteiger partial charge in [-0.3, -0.25) is 4.79 Å². The molecule has 0 aromatic heterocycles. The maximum atomic E-state index is 12.8. The Morgan fingerprint density at radius 3 is 2.40 bits per heavy atom. The fourth-order valence-corrected chi connectivity index (χ4v) is 1.54. The third kappa shape index (κ3) is 4.36.